The fourth-order valence-corrected chi connectivity index (χ4v) is 7.28. The Bertz CT molecular complexity index is 1570. The van der Waals surface area contributed by atoms with E-state index >= 15 is 0 Å². The van der Waals surface area contributed by atoms with E-state index < -0.39 is 0 Å². The molecule has 1 aliphatic heterocycles. The predicted molar refractivity (Wildman–Crippen MR) is 181 cm³/mol. The fourth-order valence-electron chi connectivity index (χ4n) is 7.28. The van der Waals surface area contributed by atoms with Crippen LogP contribution in [0.5, 0.6) is 0 Å². The van der Waals surface area contributed by atoms with Gasteiger partial charge >= 0.3 is 0 Å². The number of hydrogen-bond donors (Lipinski definition) is 1. The third kappa shape index (κ3) is 6.03. The summed E-state index contributed by atoms with van der Waals surface area (Å²) in [6.07, 6.45) is 15.8. The van der Waals surface area contributed by atoms with Crippen molar-refractivity contribution in [3.05, 3.63) is 76.7 Å². The lowest BCUT2D eigenvalue weighted by atomic mass is 9.77. The number of hydrogen-bond acceptors (Lipinski definition) is 2. The molecule has 4 nitrogen and oxygen atoms in total. The Morgan fingerprint density at radius 1 is 0.721 bits per heavy atom. The minimum absolute atomic E-state index is 0.0220. The van der Waals surface area contributed by atoms with Crippen molar-refractivity contribution in [2.24, 2.45) is 0 Å². The van der Waals surface area contributed by atoms with Crippen molar-refractivity contribution in [3.8, 4) is 0 Å². The van der Waals surface area contributed by atoms with Gasteiger partial charge in [0.2, 0.25) is 11.5 Å². The van der Waals surface area contributed by atoms with Crippen molar-refractivity contribution in [1.29, 1.82) is 0 Å². The van der Waals surface area contributed by atoms with Gasteiger partial charge in [-0.3, -0.25) is 4.79 Å². The molecule has 0 spiro atoms. The van der Waals surface area contributed by atoms with E-state index in [-0.39, 0.29) is 11.5 Å². The van der Waals surface area contributed by atoms with Crippen molar-refractivity contribution in [1.82, 2.24) is 4.57 Å². The van der Waals surface area contributed by atoms with Crippen molar-refractivity contribution in [2.75, 3.05) is 6.54 Å². The first-order chi connectivity index (χ1) is 21.0. The number of ketones is 1. The molecule has 43 heavy (non-hydrogen) atoms. The van der Waals surface area contributed by atoms with Crippen LogP contribution in [0.15, 0.2) is 59.9 Å². The third-order valence-electron chi connectivity index (χ3n) is 9.56. The summed E-state index contributed by atoms with van der Waals surface area (Å²) in [4.78, 5) is 14.2. The Hall–Kier alpha value is -3.40. The second kappa shape index (κ2) is 14.4. The number of unbranched alkanes of at least 4 members (excludes halogenated alkanes) is 10. The van der Waals surface area contributed by atoms with E-state index in [2.05, 4.69) is 73.2 Å². The quantitative estimate of drug-likeness (QED) is 0.104. The Balaban J connectivity index is 1.51. The first-order valence-electron chi connectivity index (χ1n) is 17.1. The number of carbonyl (C=O) groups excluding carboxylic acids is 1. The van der Waals surface area contributed by atoms with Gasteiger partial charge in [0.25, 0.3) is 0 Å². The number of aliphatic hydroxyl groups is 1. The number of allylic oxidation sites excluding steroid dienone is 3. The van der Waals surface area contributed by atoms with E-state index in [0.717, 1.165) is 71.3 Å². The van der Waals surface area contributed by atoms with Gasteiger partial charge in [-0.2, -0.15) is 4.58 Å². The molecule has 0 unspecified atom stereocenters. The number of benzene rings is 2. The first kappa shape index (κ1) is 31.0. The average molecular weight is 580 g/mol. The Labute approximate surface area is 258 Å². The molecule has 1 aliphatic carbocycles. The summed E-state index contributed by atoms with van der Waals surface area (Å²) in [5, 5.41) is 12.8. The van der Waals surface area contributed by atoms with Gasteiger partial charge in [0, 0.05) is 41.2 Å². The highest BCUT2D eigenvalue weighted by atomic mass is 16.3. The maximum atomic E-state index is 14.2. The Morgan fingerprint density at radius 3 is 2.05 bits per heavy atom. The zero-order valence-electron chi connectivity index (χ0n) is 27.0. The molecule has 0 bridgehead atoms. The molecule has 2 aromatic carbocycles. The summed E-state index contributed by atoms with van der Waals surface area (Å²) in [5.74, 6) is 0.144. The maximum Gasteiger partial charge on any atom is 0.213 e. The molecule has 1 N–H and O–H groups in total. The van der Waals surface area contributed by atoms with E-state index in [1.54, 1.807) is 0 Å². The average Bonchev–Trinajstić information content (AvgIpc) is 3.47. The molecule has 0 saturated carbocycles. The van der Waals surface area contributed by atoms with Gasteiger partial charge in [-0.25, -0.2) is 0 Å². The lowest BCUT2D eigenvalue weighted by Gasteiger charge is -2.24. The number of aryl methyl sites for hydroxylation is 1. The molecule has 2 aliphatic rings. The van der Waals surface area contributed by atoms with Crippen LogP contribution < -0.4 is 0 Å². The molecule has 4 heteroatoms. The number of aromatic nitrogens is 1. The fraction of sp³-hybridized carbons (Fsp3) is 0.487. The summed E-state index contributed by atoms with van der Waals surface area (Å²) in [6, 6.07) is 16.8. The highest BCUT2D eigenvalue weighted by Crippen LogP contribution is 2.48. The number of para-hydroxylation sites is 2. The molecule has 0 radical (unpaired) electrons. The van der Waals surface area contributed by atoms with Crippen molar-refractivity contribution >= 4 is 39.2 Å². The van der Waals surface area contributed by atoms with Gasteiger partial charge < -0.3 is 9.67 Å². The lowest BCUT2D eigenvalue weighted by molar-refractivity contribution is -0.433. The summed E-state index contributed by atoms with van der Waals surface area (Å²) >= 11 is 0. The number of fused-ring (bicyclic) bond motifs is 2. The molecule has 0 fully saturated rings. The van der Waals surface area contributed by atoms with Crippen LogP contribution in [0.4, 0.5) is 5.69 Å². The van der Waals surface area contributed by atoms with Gasteiger partial charge in [0.05, 0.1) is 22.3 Å². The molecule has 3 aromatic rings. The third-order valence-corrected chi connectivity index (χ3v) is 9.56. The highest BCUT2D eigenvalue weighted by molar-refractivity contribution is 6.47. The number of Topliss-reactive ketones (excluding diaryl/α,β-unsaturated/α-hetero) is 1. The second-order valence-electron chi connectivity index (χ2n) is 12.4. The minimum Gasteiger partial charge on any atom is -0.506 e. The molecule has 1 aromatic heterocycles. The topological polar surface area (TPSA) is 45.2 Å². The van der Waals surface area contributed by atoms with Gasteiger partial charge in [-0.1, -0.05) is 108 Å². The zero-order chi connectivity index (χ0) is 30.3. The molecule has 0 atom stereocenters. The minimum atomic E-state index is -0.0220. The summed E-state index contributed by atoms with van der Waals surface area (Å²) < 4.78 is 4.73. The van der Waals surface area contributed by atoms with Crippen LogP contribution in [0.2, 0.25) is 0 Å². The first-order valence-corrected chi connectivity index (χ1v) is 17.1. The molecule has 0 amide bonds. The molecule has 5 rings (SSSR count). The maximum absolute atomic E-state index is 14.2. The molecular weight excluding hydrogens is 528 g/mol. The predicted octanol–water partition coefficient (Wildman–Crippen LogP) is 10.5. The normalized spacial score (nSPS) is 16.5. The number of rotatable bonds is 16. The van der Waals surface area contributed by atoms with E-state index in [0.29, 0.717) is 11.1 Å². The molecular formula is C39H51N2O2+. The van der Waals surface area contributed by atoms with Gasteiger partial charge in [-0.05, 0) is 38.8 Å². The van der Waals surface area contributed by atoms with Crippen LogP contribution in [-0.2, 0) is 11.3 Å². The summed E-state index contributed by atoms with van der Waals surface area (Å²) in [5.41, 5.74) is 8.49. The molecule has 0 saturated heterocycles. The standard InChI is InChI=1S/C39H50N2O2/c1-5-8-10-12-14-16-26-33-35(30-23-18-19-24-31(30)40(33)7-3)37-38(42)36(39(37)43)34-28(4)41(27-21-15-13-11-9-6-2)32-25-20-17-22-29(32)34/h17-20,22-25H,5-16,21,26-27H2,1-4H3/p+1. The van der Waals surface area contributed by atoms with Crippen LogP contribution in [0.25, 0.3) is 22.0 Å². The largest absolute Gasteiger partial charge is 0.506 e. The van der Waals surface area contributed by atoms with Crippen LogP contribution in [-0.4, -0.2) is 32.3 Å². The van der Waals surface area contributed by atoms with Crippen LogP contribution in [0.3, 0.4) is 0 Å². The number of carbonyl (C=O) groups is 1. The van der Waals surface area contributed by atoms with Crippen molar-refractivity contribution < 1.29 is 14.5 Å². The summed E-state index contributed by atoms with van der Waals surface area (Å²) in [7, 11) is 0. The molecule has 228 valence electrons. The van der Waals surface area contributed by atoms with E-state index in [4.69, 9.17) is 0 Å². The zero-order valence-corrected chi connectivity index (χ0v) is 27.0. The van der Waals surface area contributed by atoms with Crippen molar-refractivity contribution in [2.45, 2.75) is 118 Å². The monoisotopic (exact) mass is 579 g/mol. The van der Waals surface area contributed by atoms with E-state index in [1.165, 1.54) is 69.9 Å². The van der Waals surface area contributed by atoms with E-state index in [1.807, 2.05) is 12.1 Å². The van der Waals surface area contributed by atoms with Crippen LogP contribution >= 0.6 is 0 Å². The van der Waals surface area contributed by atoms with Crippen molar-refractivity contribution in [3.63, 3.8) is 0 Å². The van der Waals surface area contributed by atoms with Gasteiger partial charge in [0.1, 0.15) is 12.3 Å². The van der Waals surface area contributed by atoms with Crippen LogP contribution in [0.1, 0.15) is 121 Å². The molecule has 2 heterocycles. The summed E-state index contributed by atoms with van der Waals surface area (Å²) in [6.45, 7) is 10.6. The van der Waals surface area contributed by atoms with Gasteiger partial charge in [-0.15, -0.1) is 0 Å². The Morgan fingerprint density at radius 2 is 1.35 bits per heavy atom. The number of nitrogens with zero attached hydrogens (tertiary/aromatic N) is 2. The van der Waals surface area contributed by atoms with Crippen LogP contribution in [0, 0.1) is 6.92 Å². The Kier molecular flexibility index (Phi) is 10.4. The SMILES string of the molecule is CCCCCCCCC1=[N+](CC)c2ccccc2C1=C1C(=O)C(c2c(C)n(CCCCCCCC)c3ccccc23)=C1O. The second-order valence-corrected chi connectivity index (χ2v) is 12.4. The number of aliphatic hydroxyl groups excluding tert-OH is 1. The highest BCUT2D eigenvalue weighted by Gasteiger charge is 2.45. The smallest absolute Gasteiger partial charge is 0.213 e. The van der Waals surface area contributed by atoms with Gasteiger partial charge in [0.15, 0.2) is 5.71 Å². The lowest BCUT2D eigenvalue weighted by Crippen LogP contribution is -2.25. The van der Waals surface area contributed by atoms with E-state index in [9.17, 15) is 9.90 Å².